The Morgan fingerprint density at radius 1 is 1.15 bits per heavy atom. The van der Waals surface area contributed by atoms with Crippen LogP contribution in [-0.4, -0.2) is 7.11 Å². The van der Waals surface area contributed by atoms with Gasteiger partial charge in [0.15, 0.2) is 0 Å². The molecule has 0 atom stereocenters. The average molecular weight is 375 g/mol. The lowest BCUT2D eigenvalue weighted by molar-refractivity contribution is 0.410. The number of anilines is 1. The molecule has 0 aliphatic rings. The standard InChI is InChI=1S/C15H14BrCl2NO/c1-9-3-4-14(20-2)10(5-9)8-19-15-12(17)6-11(16)7-13(15)18/h3-7,19H,8H2,1-2H3. The van der Waals surface area contributed by atoms with Gasteiger partial charge in [-0.15, -0.1) is 0 Å². The third-order valence-electron chi connectivity index (χ3n) is 2.90. The summed E-state index contributed by atoms with van der Waals surface area (Å²) in [6, 6.07) is 9.66. The van der Waals surface area contributed by atoms with E-state index in [-0.39, 0.29) is 0 Å². The van der Waals surface area contributed by atoms with Gasteiger partial charge in [0.2, 0.25) is 0 Å². The maximum absolute atomic E-state index is 6.20. The van der Waals surface area contributed by atoms with Gasteiger partial charge in [0, 0.05) is 16.6 Å². The van der Waals surface area contributed by atoms with Gasteiger partial charge in [0.05, 0.1) is 22.8 Å². The number of methoxy groups -OCH3 is 1. The number of hydrogen-bond acceptors (Lipinski definition) is 2. The molecule has 0 aliphatic carbocycles. The van der Waals surface area contributed by atoms with Gasteiger partial charge in [-0.3, -0.25) is 0 Å². The number of halogens is 3. The van der Waals surface area contributed by atoms with Crippen LogP contribution in [0, 0.1) is 6.92 Å². The van der Waals surface area contributed by atoms with E-state index < -0.39 is 0 Å². The molecule has 0 radical (unpaired) electrons. The third-order valence-corrected chi connectivity index (χ3v) is 3.95. The lowest BCUT2D eigenvalue weighted by Gasteiger charge is -2.14. The van der Waals surface area contributed by atoms with Gasteiger partial charge >= 0.3 is 0 Å². The smallest absolute Gasteiger partial charge is 0.123 e. The van der Waals surface area contributed by atoms with Crippen LogP contribution in [0.5, 0.6) is 5.75 Å². The van der Waals surface area contributed by atoms with Crippen molar-refractivity contribution in [1.29, 1.82) is 0 Å². The van der Waals surface area contributed by atoms with Crippen molar-refractivity contribution in [2.45, 2.75) is 13.5 Å². The Morgan fingerprint density at radius 3 is 2.40 bits per heavy atom. The van der Waals surface area contributed by atoms with Crippen molar-refractivity contribution in [3.63, 3.8) is 0 Å². The fourth-order valence-electron chi connectivity index (χ4n) is 1.94. The largest absolute Gasteiger partial charge is 0.496 e. The molecule has 5 heteroatoms. The van der Waals surface area contributed by atoms with Gasteiger partial charge in [0.1, 0.15) is 5.75 Å². The first-order valence-corrected chi connectivity index (χ1v) is 7.58. The van der Waals surface area contributed by atoms with Crippen molar-refractivity contribution in [2.24, 2.45) is 0 Å². The summed E-state index contributed by atoms with van der Waals surface area (Å²) in [4.78, 5) is 0. The van der Waals surface area contributed by atoms with E-state index in [1.807, 2.05) is 31.2 Å². The highest BCUT2D eigenvalue weighted by atomic mass is 79.9. The maximum atomic E-state index is 6.20. The molecule has 0 bridgehead atoms. The van der Waals surface area contributed by atoms with E-state index >= 15 is 0 Å². The molecule has 0 heterocycles. The molecule has 0 amide bonds. The first-order chi connectivity index (χ1) is 9.51. The summed E-state index contributed by atoms with van der Waals surface area (Å²) in [7, 11) is 1.66. The molecule has 0 saturated carbocycles. The predicted molar refractivity (Wildman–Crippen MR) is 89.2 cm³/mol. The highest BCUT2D eigenvalue weighted by Gasteiger charge is 2.09. The van der Waals surface area contributed by atoms with Crippen molar-refractivity contribution in [3.05, 3.63) is 56.0 Å². The van der Waals surface area contributed by atoms with Gasteiger partial charge < -0.3 is 10.1 Å². The SMILES string of the molecule is COc1ccc(C)cc1CNc1c(Cl)cc(Br)cc1Cl. The number of benzene rings is 2. The summed E-state index contributed by atoms with van der Waals surface area (Å²) in [6.07, 6.45) is 0. The number of nitrogens with one attached hydrogen (secondary N) is 1. The second-order valence-corrected chi connectivity index (χ2v) is 6.14. The van der Waals surface area contributed by atoms with Crippen molar-refractivity contribution < 1.29 is 4.74 Å². The first kappa shape index (κ1) is 15.5. The lowest BCUT2D eigenvalue weighted by Crippen LogP contribution is -2.03. The molecule has 106 valence electrons. The highest BCUT2D eigenvalue weighted by molar-refractivity contribution is 9.10. The molecule has 2 rings (SSSR count). The molecule has 1 N–H and O–H groups in total. The average Bonchev–Trinajstić information content (AvgIpc) is 2.37. The van der Waals surface area contributed by atoms with E-state index in [1.165, 1.54) is 5.56 Å². The van der Waals surface area contributed by atoms with Crippen LogP contribution in [0.3, 0.4) is 0 Å². The highest BCUT2D eigenvalue weighted by Crippen LogP contribution is 2.34. The molecule has 20 heavy (non-hydrogen) atoms. The Labute approximate surface area is 137 Å². The fourth-order valence-corrected chi connectivity index (χ4v) is 3.28. The zero-order chi connectivity index (χ0) is 14.7. The number of aryl methyl sites for hydroxylation is 1. The van der Waals surface area contributed by atoms with Crippen LogP contribution in [0.2, 0.25) is 10.0 Å². The second kappa shape index (κ2) is 6.70. The summed E-state index contributed by atoms with van der Waals surface area (Å²) < 4.78 is 6.21. The lowest BCUT2D eigenvalue weighted by atomic mass is 10.1. The van der Waals surface area contributed by atoms with Crippen molar-refractivity contribution in [1.82, 2.24) is 0 Å². The topological polar surface area (TPSA) is 21.3 Å². The Hall–Kier alpha value is -0.900. The van der Waals surface area contributed by atoms with E-state index in [9.17, 15) is 0 Å². The molecule has 2 aromatic carbocycles. The Kier molecular flexibility index (Phi) is 5.19. The summed E-state index contributed by atoms with van der Waals surface area (Å²) in [5, 5.41) is 4.42. The number of rotatable bonds is 4. The van der Waals surface area contributed by atoms with Crippen molar-refractivity contribution >= 4 is 44.8 Å². The summed E-state index contributed by atoms with van der Waals surface area (Å²) in [5.41, 5.74) is 2.96. The van der Waals surface area contributed by atoms with Gasteiger partial charge in [-0.05, 0) is 25.1 Å². The Morgan fingerprint density at radius 2 is 1.80 bits per heavy atom. The van der Waals surface area contributed by atoms with E-state index in [4.69, 9.17) is 27.9 Å². The molecule has 2 aromatic rings. The van der Waals surface area contributed by atoms with Crippen LogP contribution in [-0.2, 0) is 6.54 Å². The van der Waals surface area contributed by atoms with Gasteiger partial charge in [-0.1, -0.05) is 56.8 Å². The van der Waals surface area contributed by atoms with Gasteiger partial charge in [-0.2, -0.15) is 0 Å². The zero-order valence-electron chi connectivity index (χ0n) is 11.1. The Bertz CT molecular complexity index is 608. The summed E-state index contributed by atoms with van der Waals surface area (Å²) >= 11 is 15.8. The number of hydrogen-bond donors (Lipinski definition) is 1. The molecule has 0 fully saturated rings. The van der Waals surface area contributed by atoms with Crippen molar-refractivity contribution in [3.8, 4) is 5.75 Å². The number of ether oxygens (including phenoxy) is 1. The minimum Gasteiger partial charge on any atom is -0.496 e. The molecule has 0 unspecified atom stereocenters. The van der Waals surface area contributed by atoms with E-state index in [0.29, 0.717) is 16.6 Å². The van der Waals surface area contributed by atoms with Crippen LogP contribution >= 0.6 is 39.1 Å². The van der Waals surface area contributed by atoms with Crippen LogP contribution in [0.25, 0.3) is 0 Å². The van der Waals surface area contributed by atoms with Crippen molar-refractivity contribution in [2.75, 3.05) is 12.4 Å². The monoisotopic (exact) mass is 373 g/mol. The van der Waals surface area contributed by atoms with E-state index in [0.717, 1.165) is 21.5 Å². The van der Waals surface area contributed by atoms with Crippen LogP contribution in [0.15, 0.2) is 34.8 Å². The molecular formula is C15H14BrCl2NO. The minimum atomic E-state index is 0.580. The molecule has 0 aromatic heterocycles. The second-order valence-electron chi connectivity index (χ2n) is 4.41. The molecular weight excluding hydrogens is 361 g/mol. The van der Waals surface area contributed by atoms with Crippen LogP contribution < -0.4 is 10.1 Å². The zero-order valence-corrected chi connectivity index (χ0v) is 14.2. The third kappa shape index (κ3) is 3.60. The molecule has 2 nitrogen and oxygen atoms in total. The summed E-state index contributed by atoms with van der Waals surface area (Å²) in [6.45, 7) is 2.63. The predicted octanol–water partition coefficient (Wildman–Crippen LogP) is 5.69. The minimum absolute atomic E-state index is 0.580. The molecule has 0 spiro atoms. The summed E-state index contributed by atoms with van der Waals surface area (Å²) in [5.74, 6) is 0.840. The fraction of sp³-hybridized carbons (Fsp3) is 0.200. The first-order valence-electron chi connectivity index (χ1n) is 6.03. The van der Waals surface area contributed by atoms with E-state index in [2.05, 4.69) is 27.3 Å². The van der Waals surface area contributed by atoms with Crippen LogP contribution in [0.1, 0.15) is 11.1 Å². The van der Waals surface area contributed by atoms with Crippen LogP contribution in [0.4, 0.5) is 5.69 Å². The van der Waals surface area contributed by atoms with Gasteiger partial charge in [-0.25, -0.2) is 0 Å². The Balaban J connectivity index is 2.23. The van der Waals surface area contributed by atoms with Gasteiger partial charge in [0.25, 0.3) is 0 Å². The van der Waals surface area contributed by atoms with E-state index in [1.54, 1.807) is 7.11 Å². The normalized spacial score (nSPS) is 10.4. The quantitative estimate of drug-likeness (QED) is 0.742. The molecule has 0 aliphatic heterocycles. The maximum Gasteiger partial charge on any atom is 0.123 e. The molecule has 0 saturated heterocycles.